The topological polar surface area (TPSA) is 78.9 Å². The summed E-state index contributed by atoms with van der Waals surface area (Å²) in [6.45, 7) is 6.57. The van der Waals surface area contributed by atoms with Gasteiger partial charge in [0.05, 0.1) is 0 Å². The van der Waals surface area contributed by atoms with E-state index in [4.69, 9.17) is 14.2 Å². The van der Waals surface area contributed by atoms with E-state index in [0.29, 0.717) is 19.3 Å². The molecule has 0 aromatic carbocycles. The summed E-state index contributed by atoms with van der Waals surface area (Å²) in [7, 11) is 0. The number of esters is 3. The van der Waals surface area contributed by atoms with Gasteiger partial charge < -0.3 is 14.2 Å². The van der Waals surface area contributed by atoms with Crippen molar-refractivity contribution in [1.29, 1.82) is 0 Å². The lowest BCUT2D eigenvalue weighted by atomic mass is 10.1. The summed E-state index contributed by atoms with van der Waals surface area (Å²) in [6.07, 6.45) is 62.0. The quantitative estimate of drug-likeness (QED) is 0.0199. The molecule has 0 aliphatic heterocycles. The first-order chi connectivity index (χ1) is 30.5. The Morgan fingerprint density at radius 1 is 0.323 bits per heavy atom. The zero-order chi connectivity index (χ0) is 45.1. The highest BCUT2D eigenvalue weighted by Gasteiger charge is 2.19. The zero-order valence-corrected chi connectivity index (χ0v) is 40.9. The predicted octanol–water partition coefficient (Wildman–Crippen LogP) is 17.3. The fourth-order valence-electron chi connectivity index (χ4n) is 7.33. The molecular weight excluding hydrogens is 769 g/mol. The van der Waals surface area contributed by atoms with Gasteiger partial charge in [-0.15, -0.1) is 0 Å². The van der Waals surface area contributed by atoms with E-state index in [1.165, 1.54) is 122 Å². The second kappa shape index (κ2) is 50.8. The van der Waals surface area contributed by atoms with Gasteiger partial charge in [-0.1, -0.05) is 229 Å². The fourth-order valence-corrected chi connectivity index (χ4v) is 7.33. The second-order valence-electron chi connectivity index (χ2n) is 17.5. The van der Waals surface area contributed by atoms with E-state index < -0.39 is 6.10 Å². The van der Waals surface area contributed by atoms with Crippen molar-refractivity contribution < 1.29 is 28.6 Å². The number of unbranched alkanes of at least 4 members (excludes halogenated alkanes) is 29. The number of carbonyl (C=O) groups excluding carboxylic acids is 3. The summed E-state index contributed by atoms with van der Waals surface area (Å²) < 4.78 is 16.8. The molecular formula is C56H98O6. The number of hydrogen-bond donors (Lipinski definition) is 0. The lowest BCUT2D eigenvalue weighted by molar-refractivity contribution is -0.167. The molecule has 0 amide bonds. The maximum Gasteiger partial charge on any atom is 0.306 e. The molecule has 0 rings (SSSR count). The van der Waals surface area contributed by atoms with E-state index in [9.17, 15) is 14.4 Å². The largest absolute Gasteiger partial charge is 0.462 e. The molecule has 0 heterocycles. The summed E-state index contributed by atoms with van der Waals surface area (Å²) in [6, 6.07) is 0. The SMILES string of the molecule is CCCCC\C=C/C=C\C=C/C=C\CCCCCCCC(=O)OCC(COC(=O)CCCCCCCCCCCC)OC(=O)CCCCCCC/C=C\CCCCCCCCC. The van der Waals surface area contributed by atoms with Crippen LogP contribution in [0.15, 0.2) is 60.8 Å². The first-order valence-electron chi connectivity index (χ1n) is 26.3. The van der Waals surface area contributed by atoms with Crippen molar-refractivity contribution in [2.24, 2.45) is 0 Å². The zero-order valence-electron chi connectivity index (χ0n) is 40.9. The van der Waals surface area contributed by atoms with Crippen molar-refractivity contribution in [3.05, 3.63) is 60.8 Å². The summed E-state index contributed by atoms with van der Waals surface area (Å²) in [5.41, 5.74) is 0. The highest BCUT2D eigenvalue weighted by Crippen LogP contribution is 2.14. The Morgan fingerprint density at radius 3 is 0.984 bits per heavy atom. The van der Waals surface area contributed by atoms with E-state index >= 15 is 0 Å². The van der Waals surface area contributed by atoms with Crippen molar-refractivity contribution in [2.75, 3.05) is 13.2 Å². The van der Waals surface area contributed by atoms with E-state index in [1.807, 2.05) is 0 Å². The number of hydrogen-bond acceptors (Lipinski definition) is 6. The summed E-state index contributed by atoms with van der Waals surface area (Å²) >= 11 is 0. The van der Waals surface area contributed by atoms with Crippen LogP contribution in [0.3, 0.4) is 0 Å². The van der Waals surface area contributed by atoms with Gasteiger partial charge in [0.15, 0.2) is 6.10 Å². The third-order valence-corrected chi connectivity index (χ3v) is 11.3. The van der Waals surface area contributed by atoms with Gasteiger partial charge in [0, 0.05) is 19.3 Å². The minimum Gasteiger partial charge on any atom is -0.462 e. The molecule has 62 heavy (non-hydrogen) atoms. The average molecular weight is 867 g/mol. The predicted molar refractivity (Wildman–Crippen MR) is 265 cm³/mol. The molecule has 0 fully saturated rings. The summed E-state index contributed by atoms with van der Waals surface area (Å²) in [5.74, 6) is -0.912. The molecule has 0 spiro atoms. The van der Waals surface area contributed by atoms with E-state index in [0.717, 1.165) is 96.3 Å². The smallest absolute Gasteiger partial charge is 0.306 e. The van der Waals surface area contributed by atoms with Crippen LogP contribution in [-0.4, -0.2) is 37.2 Å². The maximum atomic E-state index is 12.8. The molecule has 0 saturated carbocycles. The normalized spacial score (nSPS) is 12.5. The third kappa shape index (κ3) is 48.1. The molecule has 0 aromatic rings. The van der Waals surface area contributed by atoms with Crippen molar-refractivity contribution in [3.8, 4) is 0 Å². The van der Waals surface area contributed by atoms with Gasteiger partial charge in [0.1, 0.15) is 13.2 Å². The molecule has 0 aromatic heterocycles. The Balaban J connectivity index is 4.40. The molecule has 6 heteroatoms. The van der Waals surface area contributed by atoms with Crippen molar-refractivity contribution in [1.82, 2.24) is 0 Å². The van der Waals surface area contributed by atoms with Crippen molar-refractivity contribution in [3.63, 3.8) is 0 Å². The first-order valence-corrected chi connectivity index (χ1v) is 26.3. The molecule has 0 aliphatic rings. The average Bonchev–Trinajstić information content (AvgIpc) is 3.27. The first kappa shape index (κ1) is 59.1. The number of rotatable bonds is 47. The molecule has 0 radical (unpaired) electrons. The van der Waals surface area contributed by atoms with Crippen LogP contribution in [0.2, 0.25) is 0 Å². The summed E-state index contributed by atoms with van der Waals surface area (Å²) in [5, 5.41) is 0. The van der Waals surface area contributed by atoms with Gasteiger partial charge in [0.25, 0.3) is 0 Å². The Labute approximate surface area is 383 Å². The molecule has 1 unspecified atom stereocenters. The highest BCUT2D eigenvalue weighted by atomic mass is 16.6. The number of ether oxygens (including phenoxy) is 3. The Morgan fingerprint density at radius 2 is 0.597 bits per heavy atom. The molecule has 0 saturated heterocycles. The van der Waals surface area contributed by atoms with Gasteiger partial charge in [-0.3, -0.25) is 14.4 Å². The van der Waals surface area contributed by atoms with Gasteiger partial charge in [0.2, 0.25) is 0 Å². The van der Waals surface area contributed by atoms with Gasteiger partial charge in [-0.2, -0.15) is 0 Å². The second-order valence-corrected chi connectivity index (χ2v) is 17.5. The molecule has 0 aliphatic carbocycles. The lowest BCUT2D eigenvalue weighted by Gasteiger charge is -2.18. The van der Waals surface area contributed by atoms with E-state index in [1.54, 1.807) is 0 Å². The van der Waals surface area contributed by atoms with Crippen LogP contribution in [-0.2, 0) is 28.6 Å². The van der Waals surface area contributed by atoms with Gasteiger partial charge >= 0.3 is 17.9 Å². The molecule has 6 nitrogen and oxygen atoms in total. The maximum absolute atomic E-state index is 12.8. The van der Waals surface area contributed by atoms with E-state index in [2.05, 4.69) is 81.5 Å². The fraction of sp³-hybridized carbons (Fsp3) is 0.768. The van der Waals surface area contributed by atoms with Crippen LogP contribution in [0.1, 0.15) is 258 Å². The van der Waals surface area contributed by atoms with Gasteiger partial charge in [-0.05, 0) is 70.6 Å². The third-order valence-electron chi connectivity index (χ3n) is 11.3. The van der Waals surface area contributed by atoms with Crippen molar-refractivity contribution in [2.45, 2.75) is 264 Å². The van der Waals surface area contributed by atoms with Crippen LogP contribution >= 0.6 is 0 Å². The van der Waals surface area contributed by atoms with Crippen molar-refractivity contribution >= 4 is 17.9 Å². The molecule has 358 valence electrons. The van der Waals surface area contributed by atoms with Gasteiger partial charge in [-0.25, -0.2) is 0 Å². The van der Waals surface area contributed by atoms with Crippen LogP contribution in [0.25, 0.3) is 0 Å². The lowest BCUT2D eigenvalue weighted by Crippen LogP contribution is -2.30. The minimum atomic E-state index is -0.785. The monoisotopic (exact) mass is 867 g/mol. The standard InChI is InChI=1S/C56H98O6/c1-4-7-10-13-16-19-22-24-26-28-29-31-32-34-37-40-43-46-49-55(58)61-52-53(51-60-54(57)48-45-42-39-36-21-18-15-12-9-6-3)62-56(59)50-47-44-41-38-35-33-30-27-25-23-20-17-14-11-8-5-2/h16,19,22,24,26-31,53H,4-15,17-18,20-21,23,25,32-52H2,1-3H3/b19-16-,24-22-,28-26-,30-27-,31-29-. The number of allylic oxidation sites excluding steroid dienone is 10. The molecule has 0 bridgehead atoms. The Hall–Kier alpha value is -2.89. The summed E-state index contributed by atoms with van der Waals surface area (Å²) in [4.78, 5) is 37.9. The molecule has 0 N–H and O–H groups in total. The van der Waals surface area contributed by atoms with E-state index in [-0.39, 0.29) is 31.1 Å². The highest BCUT2D eigenvalue weighted by molar-refractivity contribution is 5.71. The minimum absolute atomic E-state index is 0.0838. The van der Waals surface area contributed by atoms with Crippen LogP contribution in [0.4, 0.5) is 0 Å². The number of carbonyl (C=O) groups is 3. The van der Waals surface area contributed by atoms with Crippen LogP contribution in [0, 0.1) is 0 Å². The van der Waals surface area contributed by atoms with Crippen LogP contribution < -0.4 is 0 Å². The Kier molecular flexibility index (Phi) is 48.4. The van der Waals surface area contributed by atoms with Crippen LogP contribution in [0.5, 0.6) is 0 Å². The Bertz CT molecular complexity index is 1130. The molecule has 1 atom stereocenters.